The predicted octanol–water partition coefficient (Wildman–Crippen LogP) is -0.0158. The molecule has 0 saturated carbocycles. The molecule has 0 fully saturated rings. The van der Waals surface area contributed by atoms with Crippen LogP contribution in [-0.2, 0) is 9.59 Å². The Morgan fingerprint density at radius 2 is 2.31 bits per heavy atom. The van der Waals surface area contributed by atoms with Gasteiger partial charge >= 0.3 is 5.97 Å². The second-order valence-corrected chi connectivity index (χ2v) is 3.31. The lowest BCUT2D eigenvalue weighted by Crippen LogP contribution is -2.39. The van der Waals surface area contributed by atoms with Gasteiger partial charge in [-0.2, -0.15) is 0 Å². The third-order valence-electron chi connectivity index (χ3n) is 1.83. The Kier molecular flexibility index (Phi) is 4.01. The number of aliphatic carboxylic acids is 1. The number of hydrogen-bond donors (Lipinski definition) is 3. The zero-order valence-corrected chi connectivity index (χ0v) is 8.98. The fourth-order valence-corrected chi connectivity index (χ4v) is 0.945. The summed E-state index contributed by atoms with van der Waals surface area (Å²) in [7, 11) is 0. The standard InChI is InChI=1S/C9H13N3O4/c1-5-3-7(12-16-5)11-8(13)4-10-6(2)9(14)15/h3,6,10H,4H2,1-2H3,(H,14,15)(H,11,12,13). The molecule has 1 aromatic rings. The van der Waals surface area contributed by atoms with Crippen molar-refractivity contribution >= 4 is 17.7 Å². The van der Waals surface area contributed by atoms with Crippen molar-refractivity contribution in [2.45, 2.75) is 19.9 Å². The van der Waals surface area contributed by atoms with E-state index < -0.39 is 12.0 Å². The number of rotatable bonds is 5. The predicted molar refractivity (Wildman–Crippen MR) is 55.0 cm³/mol. The first-order valence-electron chi connectivity index (χ1n) is 4.68. The van der Waals surface area contributed by atoms with Crippen LogP contribution in [0.25, 0.3) is 0 Å². The molecule has 0 bridgehead atoms. The number of hydrogen-bond acceptors (Lipinski definition) is 5. The minimum absolute atomic E-state index is 0.0978. The average Bonchev–Trinajstić information content (AvgIpc) is 2.60. The molecule has 16 heavy (non-hydrogen) atoms. The lowest BCUT2D eigenvalue weighted by atomic mass is 10.3. The van der Waals surface area contributed by atoms with E-state index in [4.69, 9.17) is 9.63 Å². The molecule has 0 saturated heterocycles. The molecule has 7 nitrogen and oxygen atoms in total. The molecule has 7 heteroatoms. The summed E-state index contributed by atoms with van der Waals surface area (Å²) in [6.45, 7) is 3.06. The van der Waals surface area contributed by atoms with Gasteiger partial charge in [0.1, 0.15) is 11.8 Å². The van der Waals surface area contributed by atoms with Crippen molar-refractivity contribution in [3.05, 3.63) is 11.8 Å². The van der Waals surface area contributed by atoms with E-state index in [0.717, 1.165) is 0 Å². The van der Waals surface area contributed by atoms with Gasteiger partial charge in [0.15, 0.2) is 5.82 Å². The summed E-state index contributed by atoms with van der Waals surface area (Å²) in [4.78, 5) is 21.8. The second kappa shape index (κ2) is 5.26. The molecule has 0 aliphatic carbocycles. The third-order valence-corrected chi connectivity index (χ3v) is 1.83. The van der Waals surface area contributed by atoms with Gasteiger partial charge in [-0.1, -0.05) is 5.16 Å². The zero-order valence-electron chi connectivity index (χ0n) is 8.98. The molecule has 0 aromatic carbocycles. The first-order valence-corrected chi connectivity index (χ1v) is 4.68. The Morgan fingerprint density at radius 3 is 2.81 bits per heavy atom. The quantitative estimate of drug-likeness (QED) is 0.653. The van der Waals surface area contributed by atoms with Gasteiger partial charge in [-0.25, -0.2) is 0 Å². The van der Waals surface area contributed by atoms with Crippen LogP contribution in [0.2, 0.25) is 0 Å². The molecule has 1 aromatic heterocycles. The number of aryl methyl sites for hydroxylation is 1. The number of carboxylic acids is 1. The second-order valence-electron chi connectivity index (χ2n) is 3.31. The van der Waals surface area contributed by atoms with E-state index in [-0.39, 0.29) is 12.5 Å². The highest BCUT2D eigenvalue weighted by Crippen LogP contribution is 2.06. The molecule has 1 heterocycles. The molecule has 1 rings (SSSR count). The van der Waals surface area contributed by atoms with Crippen LogP contribution < -0.4 is 10.6 Å². The zero-order chi connectivity index (χ0) is 12.1. The maximum Gasteiger partial charge on any atom is 0.320 e. The van der Waals surface area contributed by atoms with E-state index in [1.165, 1.54) is 6.92 Å². The maximum absolute atomic E-state index is 11.3. The van der Waals surface area contributed by atoms with E-state index >= 15 is 0 Å². The van der Waals surface area contributed by atoms with Crippen molar-refractivity contribution in [2.24, 2.45) is 0 Å². The van der Waals surface area contributed by atoms with Gasteiger partial charge in [0, 0.05) is 6.07 Å². The molecule has 0 aliphatic rings. The van der Waals surface area contributed by atoms with Crippen LogP contribution in [0, 0.1) is 6.92 Å². The van der Waals surface area contributed by atoms with Crippen molar-refractivity contribution < 1.29 is 19.2 Å². The number of amides is 1. The molecule has 1 amide bonds. The summed E-state index contributed by atoms with van der Waals surface area (Å²) < 4.78 is 4.75. The molecule has 88 valence electrons. The largest absolute Gasteiger partial charge is 0.480 e. The van der Waals surface area contributed by atoms with Crippen LogP contribution in [0.3, 0.4) is 0 Å². The number of carbonyl (C=O) groups is 2. The van der Waals surface area contributed by atoms with E-state index in [0.29, 0.717) is 11.6 Å². The molecule has 0 spiro atoms. The van der Waals surface area contributed by atoms with Gasteiger partial charge in [0.05, 0.1) is 6.54 Å². The Labute approximate surface area is 91.8 Å². The van der Waals surface area contributed by atoms with E-state index in [9.17, 15) is 9.59 Å². The van der Waals surface area contributed by atoms with Crippen molar-refractivity contribution in [3.8, 4) is 0 Å². The van der Waals surface area contributed by atoms with Gasteiger partial charge in [-0.05, 0) is 13.8 Å². The smallest absolute Gasteiger partial charge is 0.320 e. The summed E-state index contributed by atoms with van der Waals surface area (Å²) in [5.74, 6) is -0.485. The highest BCUT2D eigenvalue weighted by molar-refractivity contribution is 5.91. The van der Waals surface area contributed by atoms with Gasteiger partial charge in [-0.15, -0.1) is 0 Å². The van der Waals surface area contributed by atoms with Crippen LogP contribution >= 0.6 is 0 Å². The minimum atomic E-state index is -1.01. The molecule has 1 atom stereocenters. The number of aromatic nitrogens is 1. The maximum atomic E-state index is 11.3. The number of anilines is 1. The van der Waals surface area contributed by atoms with Gasteiger partial charge < -0.3 is 14.9 Å². The first-order chi connectivity index (χ1) is 7.49. The fraction of sp³-hybridized carbons (Fsp3) is 0.444. The van der Waals surface area contributed by atoms with Crippen molar-refractivity contribution in [3.63, 3.8) is 0 Å². The number of nitrogens with zero attached hydrogens (tertiary/aromatic N) is 1. The number of nitrogens with one attached hydrogen (secondary N) is 2. The summed E-state index contributed by atoms with van der Waals surface area (Å²) in [5.41, 5.74) is 0. The Bertz CT molecular complexity index is 388. The van der Waals surface area contributed by atoms with Crippen LogP contribution in [0.1, 0.15) is 12.7 Å². The monoisotopic (exact) mass is 227 g/mol. The third kappa shape index (κ3) is 3.70. The lowest BCUT2D eigenvalue weighted by molar-refractivity contribution is -0.139. The Hall–Kier alpha value is -1.89. The van der Waals surface area contributed by atoms with Gasteiger partial charge in [-0.3, -0.25) is 14.9 Å². The molecule has 3 N–H and O–H groups in total. The van der Waals surface area contributed by atoms with Crippen LogP contribution in [0.15, 0.2) is 10.6 Å². The van der Waals surface area contributed by atoms with Crippen molar-refractivity contribution in [1.82, 2.24) is 10.5 Å². The number of carboxylic acid groups (broad SMARTS) is 1. The molecule has 0 aliphatic heterocycles. The lowest BCUT2D eigenvalue weighted by Gasteiger charge is -2.07. The molecular weight excluding hydrogens is 214 g/mol. The molecular formula is C9H13N3O4. The SMILES string of the molecule is Cc1cc(NC(=O)CNC(C)C(=O)O)no1. The Morgan fingerprint density at radius 1 is 1.62 bits per heavy atom. The summed E-state index contributed by atoms with van der Waals surface area (Å²) in [5, 5.41) is 17.1. The highest BCUT2D eigenvalue weighted by Gasteiger charge is 2.12. The van der Waals surface area contributed by atoms with Crippen molar-refractivity contribution in [2.75, 3.05) is 11.9 Å². The normalized spacial score (nSPS) is 12.1. The van der Waals surface area contributed by atoms with Crippen molar-refractivity contribution in [1.29, 1.82) is 0 Å². The average molecular weight is 227 g/mol. The van der Waals surface area contributed by atoms with Crippen LogP contribution in [0.4, 0.5) is 5.82 Å². The molecule has 1 unspecified atom stereocenters. The summed E-state index contributed by atoms with van der Waals surface area (Å²) >= 11 is 0. The molecule has 0 radical (unpaired) electrons. The van der Waals surface area contributed by atoms with E-state index in [1.807, 2.05) is 0 Å². The summed E-state index contributed by atoms with van der Waals surface area (Å²) in [6.07, 6.45) is 0. The van der Waals surface area contributed by atoms with E-state index in [2.05, 4.69) is 15.8 Å². The minimum Gasteiger partial charge on any atom is -0.480 e. The highest BCUT2D eigenvalue weighted by atomic mass is 16.5. The van der Waals surface area contributed by atoms with Crippen LogP contribution in [-0.4, -0.2) is 34.7 Å². The summed E-state index contributed by atoms with van der Waals surface area (Å²) in [6, 6.07) is 0.795. The van der Waals surface area contributed by atoms with Gasteiger partial charge in [0.25, 0.3) is 0 Å². The van der Waals surface area contributed by atoms with Crippen LogP contribution in [0.5, 0.6) is 0 Å². The Balaban J connectivity index is 2.34. The van der Waals surface area contributed by atoms with Gasteiger partial charge in [0.2, 0.25) is 5.91 Å². The number of carbonyl (C=O) groups excluding carboxylic acids is 1. The first kappa shape index (κ1) is 12.2. The van der Waals surface area contributed by atoms with E-state index in [1.54, 1.807) is 13.0 Å². The topological polar surface area (TPSA) is 104 Å². The fourth-order valence-electron chi connectivity index (χ4n) is 0.945.